The molecule has 0 bridgehead atoms. The smallest absolute Gasteiger partial charge is 0.356 e. The Kier molecular flexibility index (Phi) is 6.81. The van der Waals surface area contributed by atoms with Crippen molar-refractivity contribution in [3.05, 3.63) is 60.7 Å². The van der Waals surface area contributed by atoms with Gasteiger partial charge in [0.25, 0.3) is 5.56 Å². The third-order valence-corrected chi connectivity index (χ3v) is 7.28. The number of aromatic nitrogens is 3. The van der Waals surface area contributed by atoms with Crippen molar-refractivity contribution >= 4 is 62.3 Å². The lowest BCUT2D eigenvalue weighted by Crippen LogP contribution is -2.39. The zero-order valence-electron chi connectivity index (χ0n) is 18.9. The number of nitrogens with one attached hydrogen (secondary N) is 1. The van der Waals surface area contributed by atoms with E-state index in [2.05, 4.69) is 45.0 Å². The number of piperidine rings is 1. The molecule has 4 rings (SSSR count). The van der Waals surface area contributed by atoms with Crippen molar-refractivity contribution in [3.63, 3.8) is 0 Å². The van der Waals surface area contributed by atoms with Crippen LogP contribution in [-0.2, 0) is 0 Å². The van der Waals surface area contributed by atoms with Crippen molar-refractivity contribution in [2.24, 2.45) is 5.41 Å². The summed E-state index contributed by atoms with van der Waals surface area (Å²) in [7, 11) is 0. The maximum atomic E-state index is 13.3. The highest BCUT2D eigenvalue weighted by molar-refractivity contribution is 9.10. The molecule has 1 aliphatic heterocycles. The van der Waals surface area contributed by atoms with Gasteiger partial charge in [0, 0.05) is 24.8 Å². The first-order valence-electron chi connectivity index (χ1n) is 10.8. The molecule has 34 heavy (non-hydrogen) atoms. The van der Waals surface area contributed by atoms with E-state index in [4.69, 9.17) is 28.2 Å². The van der Waals surface area contributed by atoms with E-state index in [9.17, 15) is 14.7 Å². The predicted molar refractivity (Wildman–Crippen MR) is 138 cm³/mol. The number of hydrogen-bond acceptors (Lipinski definition) is 6. The quantitative estimate of drug-likeness (QED) is 0.383. The van der Waals surface area contributed by atoms with Crippen molar-refractivity contribution in [1.82, 2.24) is 14.4 Å². The predicted octanol–water partition coefficient (Wildman–Crippen LogP) is 5.66. The Balaban J connectivity index is 1.79. The largest absolute Gasteiger partial charge is 0.476 e. The van der Waals surface area contributed by atoms with Gasteiger partial charge in [-0.25, -0.2) is 14.8 Å². The van der Waals surface area contributed by atoms with Gasteiger partial charge >= 0.3 is 5.97 Å². The molecule has 0 aliphatic carbocycles. The maximum absolute atomic E-state index is 13.3. The highest BCUT2D eigenvalue weighted by atomic mass is 79.9. The summed E-state index contributed by atoms with van der Waals surface area (Å²) in [5.41, 5.74) is 1.16. The summed E-state index contributed by atoms with van der Waals surface area (Å²) in [5.74, 6) is -0.614. The average molecular weight is 569 g/mol. The van der Waals surface area contributed by atoms with E-state index in [1.165, 1.54) is 16.7 Å². The van der Waals surface area contributed by atoms with Crippen LogP contribution in [0.25, 0.3) is 5.65 Å². The molecular weight excluding hydrogens is 545 g/mol. The Morgan fingerprint density at radius 1 is 1.24 bits per heavy atom. The number of carboxylic acid groups (broad SMARTS) is 1. The van der Waals surface area contributed by atoms with Crippen LogP contribution < -0.4 is 15.8 Å². The van der Waals surface area contributed by atoms with Gasteiger partial charge in [0.15, 0.2) is 11.5 Å². The molecule has 0 radical (unpaired) electrons. The zero-order valence-corrected chi connectivity index (χ0v) is 22.0. The number of pyridine rings is 2. The van der Waals surface area contributed by atoms with Gasteiger partial charge in [-0.1, -0.05) is 37.0 Å². The molecule has 8 nitrogen and oxygen atoms in total. The first kappa shape index (κ1) is 24.8. The van der Waals surface area contributed by atoms with Crippen LogP contribution in [0.15, 0.2) is 33.7 Å². The number of hydrogen-bond donors (Lipinski definition) is 2. The molecule has 1 saturated heterocycles. The second-order valence-electron chi connectivity index (χ2n) is 9.21. The van der Waals surface area contributed by atoms with Gasteiger partial charge in [0.05, 0.1) is 16.8 Å². The Hall–Kier alpha value is -2.36. The fraction of sp³-hybridized carbons (Fsp3) is 0.391. The van der Waals surface area contributed by atoms with E-state index in [0.717, 1.165) is 25.9 Å². The Labute approximate surface area is 215 Å². The van der Waals surface area contributed by atoms with Crippen LogP contribution >= 0.6 is 39.1 Å². The van der Waals surface area contributed by atoms with Crippen LogP contribution in [0.4, 0.5) is 11.5 Å². The third kappa shape index (κ3) is 4.87. The van der Waals surface area contributed by atoms with Crippen LogP contribution in [-0.4, -0.2) is 38.5 Å². The third-order valence-electron chi connectivity index (χ3n) is 6.17. The number of fused-ring (bicyclic) bond motifs is 1. The molecule has 0 unspecified atom stereocenters. The van der Waals surface area contributed by atoms with Crippen molar-refractivity contribution in [2.75, 3.05) is 23.3 Å². The Morgan fingerprint density at radius 2 is 1.91 bits per heavy atom. The lowest BCUT2D eigenvalue weighted by atomic mass is 9.83. The van der Waals surface area contributed by atoms with E-state index in [1.807, 2.05) is 6.92 Å². The Bertz CT molecular complexity index is 1330. The number of carbonyl (C=O) groups is 1. The first-order chi connectivity index (χ1) is 16.0. The molecule has 3 aromatic heterocycles. The number of rotatable bonds is 5. The number of halogens is 3. The van der Waals surface area contributed by atoms with Gasteiger partial charge in [0.2, 0.25) is 0 Å². The summed E-state index contributed by atoms with van der Waals surface area (Å²) in [4.78, 5) is 35.8. The lowest BCUT2D eigenvalue weighted by Gasteiger charge is -2.37. The molecule has 1 fully saturated rings. The minimum atomic E-state index is -1.21. The highest BCUT2D eigenvalue weighted by Gasteiger charge is 2.28. The molecule has 0 saturated carbocycles. The molecule has 11 heteroatoms. The van der Waals surface area contributed by atoms with Gasteiger partial charge < -0.3 is 15.3 Å². The minimum absolute atomic E-state index is 0.0798. The topological polar surface area (TPSA) is 99.8 Å². The molecule has 180 valence electrons. The SMILES string of the molecule is C[C@@H](Nc1ccc(Cl)nc1C(=O)O)c1cc(Cl)cn2c(=O)c(Br)c(N3CCC(C)(C)CC3)nc12. The van der Waals surface area contributed by atoms with Crippen LogP contribution in [0, 0.1) is 5.41 Å². The summed E-state index contributed by atoms with van der Waals surface area (Å²) in [6.45, 7) is 7.91. The second-order valence-corrected chi connectivity index (χ2v) is 10.8. The van der Waals surface area contributed by atoms with Gasteiger partial charge in [0.1, 0.15) is 15.3 Å². The number of anilines is 2. The fourth-order valence-corrected chi connectivity index (χ4v) is 4.97. The standard InChI is InChI=1S/C23H24BrCl2N5O3/c1-12(27-15-4-5-16(26)28-18(15)22(33)34)14-10-13(25)11-31-19(14)29-20(17(24)21(31)32)30-8-6-23(2,3)7-9-30/h4-5,10-12,27H,6-9H2,1-3H3,(H,33,34)/t12-/m1/s1. The molecule has 1 aliphatic rings. The summed E-state index contributed by atoms with van der Waals surface area (Å²) in [6, 6.07) is 4.34. The average Bonchev–Trinajstić information content (AvgIpc) is 2.77. The molecule has 0 spiro atoms. The molecule has 4 heterocycles. The normalized spacial score (nSPS) is 16.5. The van der Waals surface area contributed by atoms with E-state index in [-0.39, 0.29) is 21.8 Å². The fourth-order valence-electron chi connectivity index (χ4n) is 4.08. The lowest BCUT2D eigenvalue weighted by molar-refractivity contribution is 0.0691. The van der Waals surface area contributed by atoms with Crippen LogP contribution in [0.3, 0.4) is 0 Å². The van der Waals surface area contributed by atoms with Crippen molar-refractivity contribution < 1.29 is 9.90 Å². The van der Waals surface area contributed by atoms with Gasteiger partial charge in [-0.15, -0.1) is 0 Å². The van der Waals surface area contributed by atoms with Crippen molar-refractivity contribution in [3.8, 4) is 0 Å². The highest BCUT2D eigenvalue weighted by Crippen LogP contribution is 2.34. The van der Waals surface area contributed by atoms with Crippen molar-refractivity contribution in [1.29, 1.82) is 0 Å². The molecule has 1 atom stereocenters. The minimum Gasteiger partial charge on any atom is -0.476 e. The second kappa shape index (κ2) is 9.36. The van der Waals surface area contributed by atoms with Gasteiger partial charge in [-0.05, 0) is 59.3 Å². The summed E-state index contributed by atoms with van der Waals surface area (Å²) in [6.07, 6.45) is 3.52. The van der Waals surface area contributed by atoms with Crippen LogP contribution in [0.5, 0.6) is 0 Å². The van der Waals surface area contributed by atoms with Crippen LogP contribution in [0.2, 0.25) is 10.2 Å². The van der Waals surface area contributed by atoms with E-state index in [0.29, 0.717) is 32.2 Å². The first-order valence-corrected chi connectivity index (χ1v) is 12.3. The number of aromatic carboxylic acids is 1. The van der Waals surface area contributed by atoms with Crippen molar-refractivity contribution in [2.45, 2.75) is 39.7 Å². The molecular formula is C23H24BrCl2N5O3. The Morgan fingerprint density at radius 3 is 2.56 bits per heavy atom. The molecule has 0 amide bonds. The van der Waals surface area contributed by atoms with Gasteiger partial charge in [-0.3, -0.25) is 9.20 Å². The van der Waals surface area contributed by atoms with E-state index >= 15 is 0 Å². The van der Waals surface area contributed by atoms with Crippen LogP contribution in [0.1, 0.15) is 55.7 Å². The van der Waals surface area contributed by atoms with E-state index in [1.54, 1.807) is 12.1 Å². The zero-order chi connectivity index (χ0) is 24.8. The number of nitrogens with zero attached hydrogens (tertiary/aromatic N) is 4. The molecule has 0 aromatic carbocycles. The van der Waals surface area contributed by atoms with E-state index < -0.39 is 12.0 Å². The van der Waals surface area contributed by atoms with Gasteiger partial charge in [-0.2, -0.15) is 0 Å². The maximum Gasteiger partial charge on any atom is 0.356 e. The molecule has 3 aromatic rings. The summed E-state index contributed by atoms with van der Waals surface area (Å²) < 4.78 is 1.80. The monoisotopic (exact) mass is 567 g/mol. The number of carboxylic acids is 1. The summed E-state index contributed by atoms with van der Waals surface area (Å²) >= 11 is 15.7. The summed E-state index contributed by atoms with van der Waals surface area (Å²) in [5, 5.41) is 13.1. The molecule has 2 N–H and O–H groups in total.